The molecule has 0 aliphatic carbocycles. The summed E-state index contributed by atoms with van der Waals surface area (Å²) in [6.07, 6.45) is 1.51. The number of carbonyl (C=O) groups is 2. The van der Waals surface area contributed by atoms with Crippen molar-refractivity contribution < 1.29 is 14.3 Å². The van der Waals surface area contributed by atoms with E-state index in [-0.39, 0.29) is 12.2 Å². The zero-order valence-electron chi connectivity index (χ0n) is 15.5. The van der Waals surface area contributed by atoms with Crippen molar-refractivity contribution >= 4 is 50.2 Å². The van der Waals surface area contributed by atoms with E-state index in [1.165, 1.54) is 17.4 Å². The second-order valence-electron chi connectivity index (χ2n) is 5.84. The number of rotatable bonds is 5. The quantitative estimate of drug-likeness (QED) is 0.390. The Morgan fingerprint density at radius 2 is 2.04 bits per heavy atom. The smallest absolute Gasteiger partial charge is 0.341 e. The maximum atomic E-state index is 12.6. The van der Waals surface area contributed by atoms with Gasteiger partial charge in [-0.15, -0.1) is 11.3 Å². The molecule has 0 unspecified atom stereocenters. The Morgan fingerprint density at radius 1 is 1.33 bits per heavy atom. The fourth-order valence-electron chi connectivity index (χ4n) is 2.35. The molecule has 0 atom stereocenters. The molecule has 1 amide bonds. The van der Waals surface area contributed by atoms with Crippen LogP contribution in [0.4, 0.5) is 5.00 Å². The Morgan fingerprint density at radius 3 is 2.63 bits per heavy atom. The summed E-state index contributed by atoms with van der Waals surface area (Å²) in [7, 11) is 0. The number of amides is 1. The van der Waals surface area contributed by atoms with E-state index >= 15 is 0 Å². The van der Waals surface area contributed by atoms with Crippen LogP contribution in [-0.4, -0.2) is 18.5 Å². The number of carbonyl (C=O) groups excluding carboxylic acids is 2. The van der Waals surface area contributed by atoms with Gasteiger partial charge in [0.25, 0.3) is 5.91 Å². The summed E-state index contributed by atoms with van der Waals surface area (Å²) in [4.78, 5) is 25.7. The summed E-state index contributed by atoms with van der Waals surface area (Å²) in [5.74, 6) is -1.06. The van der Waals surface area contributed by atoms with Crippen LogP contribution < -0.4 is 5.32 Å². The fraction of sp³-hybridized carbons (Fsp3) is 0.250. The average molecular weight is 447 g/mol. The largest absolute Gasteiger partial charge is 0.462 e. The summed E-state index contributed by atoms with van der Waals surface area (Å²) in [6, 6.07) is 7.48. The predicted molar refractivity (Wildman–Crippen MR) is 111 cm³/mol. The van der Waals surface area contributed by atoms with Crippen molar-refractivity contribution in [1.29, 1.82) is 5.26 Å². The molecule has 0 aliphatic heterocycles. The summed E-state index contributed by atoms with van der Waals surface area (Å²) in [6.45, 7) is 7.59. The van der Waals surface area contributed by atoms with Crippen molar-refractivity contribution in [2.24, 2.45) is 0 Å². The molecule has 0 spiro atoms. The van der Waals surface area contributed by atoms with Gasteiger partial charge < -0.3 is 10.1 Å². The highest BCUT2D eigenvalue weighted by molar-refractivity contribution is 9.10. The number of halogens is 1. The van der Waals surface area contributed by atoms with Crippen LogP contribution in [0.2, 0.25) is 0 Å². The van der Waals surface area contributed by atoms with E-state index < -0.39 is 11.9 Å². The van der Waals surface area contributed by atoms with Gasteiger partial charge in [0.2, 0.25) is 0 Å². The van der Waals surface area contributed by atoms with Crippen LogP contribution in [0.3, 0.4) is 0 Å². The maximum absolute atomic E-state index is 12.6. The topological polar surface area (TPSA) is 79.2 Å². The van der Waals surface area contributed by atoms with Gasteiger partial charge in [-0.05, 0) is 56.5 Å². The number of aryl methyl sites for hydroxylation is 2. The second-order valence-corrected chi connectivity index (χ2v) is 7.92. The number of hydrogen-bond acceptors (Lipinski definition) is 5. The lowest BCUT2D eigenvalue weighted by Crippen LogP contribution is -2.16. The van der Waals surface area contributed by atoms with Crippen LogP contribution >= 0.6 is 27.3 Å². The number of nitrogens with one attached hydrogen (secondary N) is 1. The van der Waals surface area contributed by atoms with Crippen molar-refractivity contribution in [2.45, 2.75) is 27.7 Å². The summed E-state index contributed by atoms with van der Waals surface area (Å²) in [5.41, 5.74) is 2.83. The van der Waals surface area contributed by atoms with Gasteiger partial charge in [0.15, 0.2) is 0 Å². The van der Waals surface area contributed by atoms with Gasteiger partial charge in [-0.25, -0.2) is 4.79 Å². The Labute approximate surface area is 170 Å². The summed E-state index contributed by atoms with van der Waals surface area (Å²) < 4.78 is 5.97. The van der Waals surface area contributed by atoms with Gasteiger partial charge in [0.1, 0.15) is 16.6 Å². The highest BCUT2D eigenvalue weighted by Gasteiger charge is 2.23. The lowest BCUT2D eigenvalue weighted by atomic mass is 10.1. The third-order valence-corrected chi connectivity index (χ3v) is 5.94. The van der Waals surface area contributed by atoms with Crippen molar-refractivity contribution in [3.63, 3.8) is 0 Å². The van der Waals surface area contributed by atoms with E-state index in [0.717, 1.165) is 26.0 Å². The number of nitrogens with zero attached hydrogens (tertiary/aromatic N) is 1. The molecule has 2 rings (SSSR count). The summed E-state index contributed by atoms with van der Waals surface area (Å²) >= 11 is 4.72. The minimum atomic E-state index is -0.569. The van der Waals surface area contributed by atoms with E-state index in [1.54, 1.807) is 13.8 Å². The van der Waals surface area contributed by atoms with Gasteiger partial charge in [-0.3, -0.25) is 4.79 Å². The molecule has 1 aromatic carbocycles. The second kappa shape index (κ2) is 8.98. The number of thiophene rings is 1. The van der Waals surface area contributed by atoms with Gasteiger partial charge in [-0.2, -0.15) is 5.26 Å². The first kappa shape index (κ1) is 20.9. The van der Waals surface area contributed by atoms with E-state index in [0.29, 0.717) is 10.6 Å². The van der Waals surface area contributed by atoms with Gasteiger partial charge in [0, 0.05) is 9.35 Å². The van der Waals surface area contributed by atoms with Crippen LogP contribution in [0.15, 0.2) is 28.2 Å². The third kappa shape index (κ3) is 4.85. The van der Waals surface area contributed by atoms with Crippen LogP contribution in [0.5, 0.6) is 0 Å². The van der Waals surface area contributed by atoms with E-state index in [1.807, 2.05) is 38.1 Å². The first-order chi connectivity index (χ1) is 12.8. The van der Waals surface area contributed by atoms with Crippen molar-refractivity contribution in [2.75, 3.05) is 11.9 Å². The Balaban J connectivity index is 2.34. The normalized spacial score (nSPS) is 11.0. The maximum Gasteiger partial charge on any atom is 0.341 e. The molecule has 0 radical (unpaired) electrons. The molecule has 5 nitrogen and oxygen atoms in total. The van der Waals surface area contributed by atoms with Crippen molar-refractivity contribution in [1.82, 2.24) is 0 Å². The number of nitriles is 1. The molecular weight excluding hydrogens is 428 g/mol. The molecule has 140 valence electrons. The molecule has 7 heteroatoms. The fourth-order valence-corrected chi connectivity index (χ4v) is 3.79. The summed E-state index contributed by atoms with van der Waals surface area (Å²) in [5, 5.41) is 12.5. The average Bonchev–Trinajstić information content (AvgIpc) is 2.89. The SMILES string of the molecule is CCOC(=O)c1c(NC(=O)/C(C#N)=C/c2ccc(C)c(Br)c2)sc(C)c1C. The minimum Gasteiger partial charge on any atom is -0.462 e. The highest BCUT2D eigenvalue weighted by atomic mass is 79.9. The predicted octanol–water partition coefficient (Wildman–Crippen LogP) is 5.16. The lowest BCUT2D eigenvalue weighted by Gasteiger charge is -2.07. The zero-order chi connectivity index (χ0) is 20.1. The number of anilines is 1. The van der Waals surface area contributed by atoms with Crippen LogP contribution in [0, 0.1) is 32.1 Å². The lowest BCUT2D eigenvalue weighted by molar-refractivity contribution is -0.112. The first-order valence-electron chi connectivity index (χ1n) is 8.24. The monoisotopic (exact) mass is 446 g/mol. The molecule has 1 heterocycles. The van der Waals surface area contributed by atoms with Crippen LogP contribution in [-0.2, 0) is 9.53 Å². The van der Waals surface area contributed by atoms with Crippen molar-refractivity contribution in [3.8, 4) is 6.07 Å². The third-order valence-electron chi connectivity index (χ3n) is 3.96. The molecule has 0 fully saturated rings. The van der Waals surface area contributed by atoms with E-state index in [2.05, 4.69) is 21.2 Å². The van der Waals surface area contributed by atoms with Gasteiger partial charge >= 0.3 is 5.97 Å². The zero-order valence-corrected chi connectivity index (χ0v) is 17.9. The van der Waals surface area contributed by atoms with Crippen LogP contribution in [0.25, 0.3) is 6.08 Å². The first-order valence-corrected chi connectivity index (χ1v) is 9.85. The Kier molecular flexibility index (Phi) is 6.94. The molecule has 2 aromatic rings. The Hall–Kier alpha value is -2.43. The number of benzene rings is 1. The standard InChI is InChI=1S/C20H19BrN2O3S/c1-5-26-20(25)17-12(3)13(4)27-19(17)23-18(24)15(10-22)8-14-7-6-11(2)16(21)9-14/h6-9H,5H2,1-4H3,(H,23,24)/b15-8+. The van der Waals surface area contributed by atoms with Crippen molar-refractivity contribution in [3.05, 3.63) is 55.4 Å². The molecule has 1 N–H and O–H groups in total. The van der Waals surface area contributed by atoms with Gasteiger partial charge in [-0.1, -0.05) is 28.1 Å². The molecule has 0 saturated carbocycles. The highest BCUT2D eigenvalue weighted by Crippen LogP contribution is 2.33. The molecule has 0 bridgehead atoms. The van der Waals surface area contributed by atoms with Gasteiger partial charge in [0.05, 0.1) is 12.2 Å². The molecule has 27 heavy (non-hydrogen) atoms. The number of esters is 1. The molecule has 0 aliphatic rings. The minimum absolute atomic E-state index is 0.0516. The Bertz CT molecular complexity index is 970. The van der Waals surface area contributed by atoms with E-state index in [4.69, 9.17) is 4.74 Å². The number of ether oxygens (including phenoxy) is 1. The van der Waals surface area contributed by atoms with Crippen LogP contribution in [0.1, 0.15) is 38.8 Å². The molecular formula is C20H19BrN2O3S. The molecule has 0 saturated heterocycles. The number of hydrogen-bond donors (Lipinski definition) is 1. The molecule has 1 aromatic heterocycles. The van der Waals surface area contributed by atoms with E-state index in [9.17, 15) is 14.9 Å².